The fraction of sp³-hybridized carbons (Fsp3) is 0.667. The highest BCUT2D eigenvalue weighted by molar-refractivity contribution is 5.09. The molecular formula is C18H30N4. The highest BCUT2D eigenvalue weighted by atomic mass is 15.3. The summed E-state index contributed by atoms with van der Waals surface area (Å²) in [5.74, 6) is 0.885. The Morgan fingerprint density at radius 1 is 1.09 bits per heavy atom. The maximum absolute atomic E-state index is 4.71. The number of nitrogens with zero attached hydrogens (tertiary/aromatic N) is 4. The smallest absolute Gasteiger partial charge is 0.0954 e. The van der Waals surface area contributed by atoms with Crippen LogP contribution in [0.4, 0.5) is 0 Å². The average molecular weight is 302 g/mol. The molecule has 0 saturated carbocycles. The highest BCUT2D eigenvalue weighted by Crippen LogP contribution is 2.30. The summed E-state index contributed by atoms with van der Waals surface area (Å²) in [5, 5.41) is 4.71. The fourth-order valence-corrected chi connectivity index (χ4v) is 2.83. The second-order valence-electron chi connectivity index (χ2n) is 7.59. The van der Waals surface area contributed by atoms with Crippen molar-refractivity contribution in [3.63, 3.8) is 0 Å². The van der Waals surface area contributed by atoms with Crippen molar-refractivity contribution >= 4 is 0 Å². The van der Waals surface area contributed by atoms with E-state index in [9.17, 15) is 0 Å². The zero-order valence-electron chi connectivity index (χ0n) is 15.0. The summed E-state index contributed by atoms with van der Waals surface area (Å²) in [6.45, 7) is 15.5. The van der Waals surface area contributed by atoms with Crippen molar-refractivity contribution in [2.24, 2.45) is 0 Å². The molecule has 0 aliphatic heterocycles. The van der Waals surface area contributed by atoms with E-state index in [0.29, 0.717) is 17.9 Å². The van der Waals surface area contributed by atoms with Crippen LogP contribution in [0, 0.1) is 0 Å². The van der Waals surface area contributed by atoms with Gasteiger partial charge in [-0.3, -0.25) is 4.68 Å². The molecule has 2 aromatic heterocycles. The first kappa shape index (κ1) is 16.8. The lowest BCUT2D eigenvalue weighted by Crippen LogP contribution is -2.27. The number of imidazole rings is 1. The molecule has 0 saturated heterocycles. The van der Waals surface area contributed by atoms with Crippen LogP contribution in [0.25, 0.3) is 0 Å². The summed E-state index contributed by atoms with van der Waals surface area (Å²) in [4.78, 5) is 4.53. The van der Waals surface area contributed by atoms with E-state index in [1.807, 2.05) is 11.0 Å². The normalized spacial score (nSPS) is 14.0. The van der Waals surface area contributed by atoms with Crippen LogP contribution in [0.1, 0.15) is 84.2 Å². The van der Waals surface area contributed by atoms with Crippen LogP contribution in [0.15, 0.2) is 24.8 Å². The third-order valence-electron chi connectivity index (χ3n) is 4.36. The SMILES string of the molecule is CC(C)c1cn(C(C)(C)CC(C)c2ccn(C(C)C)n2)cn1. The Morgan fingerprint density at radius 3 is 2.27 bits per heavy atom. The van der Waals surface area contributed by atoms with Gasteiger partial charge in [0.1, 0.15) is 0 Å². The Kier molecular flexibility index (Phi) is 4.78. The lowest BCUT2D eigenvalue weighted by molar-refractivity contribution is 0.302. The Balaban J connectivity index is 2.12. The van der Waals surface area contributed by atoms with E-state index in [-0.39, 0.29) is 5.54 Å². The summed E-state index contributed by atoms with van der Waals surface area (Å²) < 4.78 is 4.28. The predicted octanol–water partition coefficient (Wildman–Crippen LogP) is 4.71. The second-order valence-corrected chi connectivity index (χ2v) is 7.59. The first-order valence-corrected chi connectivity index (χ1v) is 8.30. The molecule has 0 aliphatic carbocycles. The van der Waals surface area contributed by atoms with Gasteiger partial charge in [0, 0.05) is 29.9 Å². The number of aromatic nitrogens is 4. The third-order valence-corrected chi connectivity index (χ3v) is 4.36. The quantitative estimate of drug-likeness (QED) is 0.774. The Morgan fingerprint density at radius 2 is 1.77 bits per heavy atom. The van der Waals surface area contributed by atoms with Crippen LogP contribution in [0.3, 0.4) is 0 Å². The van der Waals surface area contributed by atoms with Gasteiger partial charge in [-0.2, -0.15) is 5.10 Å². The largest absolute Gasteiger partial charge is 0.332 e. The predicted molar refractivity (Wildman–Crippen MR) is 91.3 cm³/mol. The topological polar surface area (TPSA) is 35.6 Å². The van der Waals surface area contributed by atoms with Crippen LogP contribution >= 0.6 is 0 Å². The van der Waals surface area contributed by atoms with Crippen LogP contribution in [-0.2, 0) is 5.54 Å². The summed E-state index contributed by atoms with van der Waals surface area (Å²) in [6, 6.07) is 2.56. The van der Waals surface area contributed by atoms with E-state index in [4.69, 9.17) is 5.10 Å². The van der Waals surface area contributed by atoms with Gasteiger partial charge < -0.3 is 4.57 Å². The van der Waals surface area contributed by atoms with E-state index >= 15 is 0 Å². The molecule has 4 nitrogen and oxygen atoms in total. The van der Waals surface area contributed by atoms with Crippen molar-refractivity contribution < 1.29 is 0 Å². The monoisotopic (exact) mass is 302 g/mol. The summed E-state index contributed by atoms with van der Waals surface area (Å²) in [6.07, 6.45) is 7.27. The Hall–Kier alpha value is -1.58. The average Bonchev–Trinajstić information content (AvgIpc) is 3.08. The maximum atomic E-state index is 4.71. The minimum Gasteiger partial charge on any atom is -0.332 e. The van der Waals surface area contributed by atoms with E-state index in [2.05, 4.69) is 76.5 Å². The zero-order chi connectivity index (χ0) is 16.5. The van der Waals surface area contributed by atoms with Crippen molar-refractivity contribution in [1.29, 1.82) is 0 Å². The van der Waals surface area contributed by atoms with Crippen LogP contribution in [0.5, 0.6) is 0 Å². The maximum Gasteiger partial charge on any atom is 0.0954 e. The van der Waals surface area contributed by atoms with E-state index in [0.717, 1.165) is 12.1 Å². The van der Waals surface area contributed by atoms with Gasteiger partial charge in [0.2, 0.25) is 0 Å². The Labute approximate surface area is 134 Å². The van der Waals surface area contributed by atoms with Crippen molar-refractivity contribution in [1.82, 2.24) is 19.3 Å². The first-order valence-electron chi connectivity index (χ1n) is 8.30. The molecule has 122 valence electrons. The van der Waals surface area contributed by atoms with Gasteiger partial charge in [-0.25, -0.2) is 4.98 Å². The molecule has 0 bridgehead atoms. The molecule has 0 N–H and O–H groups in total. The van der Waals surface area contributed by atoms with Gasteiger partial charge >= 0.3 is 0 Å². The van der Waals surface area contributed by atoms with E-state index < -0.39 is 0 Å². The Bertz CT molecular complexity index is 604. The van der Waals surface area contributed by atoms with Crippen LogP contribution in [-0.4, -0.2) is 19.3 Å². The molecule has 1 unspecified atom stereocenters. The summed E-state index contributed by atoms with van der Waals surface area (Å²) in [5.41, 5.74) is 2.36. The van der Waals surface area contributed by atoms with Crippen molar-refractivity contribution in [3.8, 4) is 0 Å². The standard InChI is InChI=1S/C18H30N4/c1-13(2)17-11-21(12-19-17)18(6,7)10-15(5)16-8-9-22(20-16)14(3)4/h8-9,11-15H,10H2,1-7H3. The molecule has 0 spiro atoms. The van der Waals surface area contributed by atoms with Gasteiger partial charge in [-0.15, -0.1) is 0 Å². The number of hydrogen-bond acceptors (Lipinski definition) is 2. The second kappa shape index (κ2) is 6.27. The van der Waals surface area contributed by atoms with Crippen LogP contribution in [0.2, 0.25) is 0 Å². The van der Waals surface area contributed by atoms with Gasteiger partial charge in [0.05, 0.1) is 17.7 Å². The summed E-state index contributed by atoms with van der Waals surface area (Å²) in [7, 11) is 0. The molecule has 0 aromatic carbocycles. The lowest BCUT2D eigenvalue weighted by Gasteiger charge is -2.29. The number of hydrogen-bond donors (Lipinski definition) is 0. The number of rotatable bonds is 6. The molecule has 0 aliphatic rings. The molecule has 0 radical (unpaired) electrons. The van der Waals surface area contributed by atoms with Crippen molar-refractivity contribution in [2.75, 3.05) is 0 Å². The molecule has 4 heteroatoms. The lowest BCUT2D eigenvalue weighted by atomic mass is 9.89. The molecule has 0 fully saturated rings. The van der Waals surface area contributed by atoms with Crippen molar-refractivity contribution in [2.45, 2.75) is 78.3 Å². The third kappa shape index (κ3) is 3.60. The minimum absolute atomic E-state index is 0.0289. The molecule has 2 heterocycles. The fourth-order valence-electron chi connectivity index (χ4n) is 2.83. The summed E-state index contributed by atoms with van der Waals surface area (Å²) >= 11 is 0. The molecule has 0 amide bonds. The van der Waals surface area contributed by atoms with Gasteiger partial charge in [-0.1, -0.05) is 20.8 Å². The first-order chi connectivity index (χ1) is 10.2. The van der Waals surface area contributed by atoms with Crippen LogP contribution < -0.4 is 0 Å². The molecule has 22 heavy (non-hydrogen) atoms. The minimum atomic E-state index is 0.0289. The van der Waals surface area contributed by atoms with Crippen molar-refractivity contribution in [3.05, 3.63) is 36.2 Å². The molecule has 1 atom stereocenters. The highest BCUT2D eigenvalue weighted by Gasteiger charge is 2.25. The zero-order valence-corrected chi connectivity index (χ0v) is 15.0. The molecule has 2 rings (SSSR count). The van der Waals surface area contributed by atoms with E-state index in [1.54, 1.807) is 0 Å². The van der Waals surface area contributed by atoms with Gasteiger partial charge in [0.15, 0.2) is 0 Å². The van der Waals surface area contributed by atoms with Gasteiger partial charge in [-0.05, 0) is 46.1 Å². The molecule has 2 aromatic rings. The van der Waals surface area contributed by atoms with Gasteiger partial charge in [0.25, 0.3) is 0 Å². The molecular weight excluding hydrogens is 272 g/mol. The van der Waals surface area contributed by atoms with E-state index in [1.165, 1.54) is 5.69 Å².